The number of carbonyl (C=O) groups excluding carboxylic acids is 2. The Bertz CT molecular complexity index is 1070. The lowest BCUT2D eigenvalue weighted by Crippen LogP contribution is -2.55. The van der Waals surface area contributed by atoms with E-state index in [-0.39, 0.29) is 25.0 Å². The quantitative estimate of drug-likeness (QED) is 0.496. The first kappa shape index (κ1) is 23.4. The van der Waals surface area contributed by atoms with E-state index in [1.807, 2.05) is 24.3 Å². The first-order chi connectivity index (χ1) is 17.0. The van der Waals surface area contributed by atoms with E-state index in [0.29, 0.717) is 25.2 Å². The predicted molar refractivity (Wildman–Crippen MR) is 131 cm³/mol. The summed E-state index contributed by atoms with van der Waals surface area (Å²) in [6, 6.07) is 16.3. The van der Waals surface area contributed by atoms with Crippen molar-refractivity contribution in [3.8, 4) is 11.1 Å². The Hall–Kier alpha value is -3.35. The summed E-state index contributed by atoms with van der Waals surface area (Å²) in [5.74, 6) is -1.31. The summed E-state index contributed by atoms with van der Waals surface area (Å²) >= 11 is 0. The molecule has 5 rings (SSSR count). The van der Waals surface area contributed by atoms with Gasteiger partial charge in [0, 0.05) is 12.5 Å². The van der Waals surface area contributed by atoms with Crippen LogP contribution in [0.3, 0.4) is 0 Å². The van der Waals surface area contributed by atoms with Gasteiger partial charge in [-0.3, -0.25) is 4.79 Å². The highest BCUT2D eigenvalue weighted by molar-refractivity contribution is 5.88. The summed E-state index contributed by atoms with van der Waals surface area (Å²) in [7, 11) is 0. The molecule has 2 aromatic carbocycles. The number of aliphatic carboxylic acids is 1. The van der Waals surface area contributed by atoms with Crippen molar-refractivity contribution >= 4 is 18.0 Å². The number of carboxylic acid groups (broad SMARTS) is 1. The van der Waals surface area contributed by atoms with E-state index in [4.69, 9.17) is 4.74 Å². The zero-order valence-electron chi connectivity index (χ0n) is 19.8. The van der Waals surface area contributed by atoms with Crippen LogP contribution in [0.2, 0.25) is 0 Å². The first-order valence-electron chi connectivity index (χ1n) is 12.6. The lowest BCUT2D eigenvalue weighted by atomic mass is 9.94. The van der Waals surface area contributed by atoms with Gasteiger partial charge in [0.25, 0.3) is 0 Å². The standard InChI is InChI=1S/C28H32N2O5/c31-25(30-28(26(32)33)13-5-6-14-28)19(15-18-11-12-18)16-29-27(34)35-17-24-22-9-3-1-7-20(22)21-8-2-4-10-23(21)24/h1-4,7-10,18-19,24H,5-6,11-17H2,(H,29,34)(H,30,31)(H,32,33). The molecular weight excluding hydrogens is 444 g/mol. The molecule has 0 aromatic heterocycles. The van der Waals surface area contributed by atoms with Crippen LogP contribution in [-0.4, -0.2) is 41.8 Å². The SMILES string of the molecule is O=C(NCC(CC1CC1)C(=O)NC1(C(=O)O)CCCC1)OCC1c2ccccc2-c2ccccc21. The zero-order chi connectivity index (χ0) is 24.4. The van der Waals surface area contributed by atoms with Gasteiger partial charge in [-0.05, 0) is 47.4 Å². The highest BCUT2D eigenvalue weighted by Crippen LogP contribution is 2.44. The van der Waals surface area contributed by atoms with Gasteiger partial charge in [-0.2, -0.15) is 0 Å². The second-order valence-electron chi connectivity index (χ2n) is 10.2. The predicted octanol–water partition coefficient (Wildman–Crippen LogP) is 4.46. The van der Waals surface area contributed by atoms with Crippen molar-refractivity contribution in [2.75, 3.05) is 13.2 Å². The van der Waals surface area contributed by atoms with Gasteiger partial charge in [-0.1, -0.05) is 74.2 Å². The van der Waals surface area contributed by atoms with Gasteiger partial charge in [-0.25, -0.2) is 9.59 Å². The molecule has 3 N–H and O–H groups in total. The maximum Gasteiger partial charge on any atom is 0.407 e. The van der Waals surface area contributed by atoms with Gasteiger partial charge in [0.05, 0.1) is 5.92 Å². The molecule has 3 aliphatic rings. The smallest absolute Gasteiger partial charge is 0.407 e. The number of ether oxygens (including phenoxy) is 1. The van der Waals surface area contributed by atoms with E-state index in [0.717, 1.165) is 47.9 Å². The number of carboxylic acids is 1. The number of benzene rings is 2. The van der Waals surface area contributed by atoms with E-state index in [1.165, 1.54) is 0 Å². The molecule has 1 unspecified atom stereocenters. The molecule has 0 heterocycles. The van der Waals surface area contributed by atoms with E-state index in [9.17, 15) is 19.5 Å². The van der Waals surface area contributed by atoms with Crippen LogP contribution >= 0.6 is 0 Å². The third-order valence-electron chi connectivity index (χ3n) is 7.75. The van der Waals surface area contributed by atoms with Gasteiger partial charge in [0.15, 0.2) is 0 Å². The van der Waals surface area contributed by atoms with E-state index < -0.39 is 23.5 Å². The van der Waals surface area contributed by atoms with Crippen molar-refractivity contribution in [3.05, 3.63) is 59.7 Å². The van der Waals surface area contributed by atoms with Crippen molar-refractivity contribution in [3.63, 3.8) is 0 Å². The number of hydrogen-bond donors (Lipinski definition) is 3. The van der Waals surface area contributed by atoms with E-state index in [1.54, 1.807) is 0 Å². The largest absolute Gasteiger partial charge is 0.480 e. The second kappa shape index (κ2) is 9.72. The molecule has 7 nitrogen and oxygen atoms in total. The average Bonchev–Trinajstić information content (AvgIpc) is 3.45. The summed E-state index contributed by atoms with van der Waals surface area (Å²) in [4.78, 5) is 37.5. The molecule has 2 aromatic rings. The average molecular weight is 477 g/mol. The van der Waals surface area contributed by atoms with Gasteiger partial charge in [-0.15, -0.1) is 0 Å². The van der Waals surface area contributed by atoms with Crippen LogP contribution in [-0.2, 0) is 14.3 Å². The zero-order valence-corrected chi connectivity index (χ0v) is 19.8. The number of nitrogens with one attached hydrogen (secondary N) is 2. The summed E-state index contributed by atoms with van der Waals surface area (Å²) in [6.45, 7) is 0.343. The third-order valence-corrected chi connectivity index (χ3v) is 7.75. The van der Waals surface area contributed by atoms with E-state index in [2.05, 4.69) is 34.9 Å². The number of rotatable bonds is 9. The monoisotopic (exact) mass is 476 g/mol. The first-order valence-corrected chi connectivity index (χ1v) is 12.6. The molecule has 0 aliphatic heterocycles. The van der Waals surface area contributed by atoms with Crippen LogP contribution in [0.5, 0.6) is 0 Å². The molecule has 35 heavy (non-hydrogen) atoms. The summed E-state index contributed by atoms with van der Waals surface area (Å²) in [5.41, 5.74) is 3.43. The molecule has 2 amide bonds. The molecule has 7 heteroatoms. The Balaban J connectivity index is 1.19. The fraction of sp³-hybridized carbons (Fsp3) is 0.464. The van der Waals surface area contributed by atoms with Crippen molar-refractivity contribution in [2.45, 2.75) is 56.4 Å². The van der Waals surface area contributed by atoms with Crippen LogP contribution in [0.1, 0.15) is 62.0 Å². The Morgan fingerprint density at radius 2 is 1.57 bits per heavy atom. The Morgan fingerprint density at radius 3 is 2.14 bits per heavy atom. The Labute approximate surface area is 205 Å². The van der Waals surface area contributed by atoms with Crippen molar-refractivity contribution in [1.82, 2.24) is 10.6 Å². The molecule has 1 atom stereocenters. The second-order valence-corrected chi connectivity index (χ2v) is 10.2. The van der Waals surface area contributed by atoms with Crippen molar-refractivity contribution in [2.24, 2.45) is 11.8 Å². The summed E-state index contributed by atoms with van der Waals surface area (Å²) in [6.07, 6.45) is 4.70. The molecule has 184 valence electrons. The fourth-order valence-electron chi connectivity index (χ4n) is 5.60. The van der Waals surface area contributed by atoms with Crippen LogP contribution in [0.25, 0.3) is 11.1 Å². The van der Waals surface area contributed by atoms with Crippen LogP contribution in [0, 0.1) is 11.8 Å². The number of hydrogen-bond acceptors (Lipinski definition) is 4. The van der Waals surface area contributed by atoms with Crippen LogP contribution in [0.15, 0.2) is 48.5 Å². The van der Waals surface area contributed by atoms with Crippen molar-refractivity contribution < 1.29 is 24.2 Å². The normalized spacial score (nSPS) is 18.9. The Kier molecular flexibility index (Phi) is 6.50. The fourth-order valence-corrected chi connectivity index (χ4v) is 5.60. The molecule has 2 saturated carbocycles. The molecule has 0 bridgehead atoms. The molecule has 3 aliphatic carbocycles. The highest BCUT2D eigenvalue weighted by Gasteiger charge is 2.44. The minimum Gasteiger partial charge on any atom is -0.480 e. The molecule has 0 spiro atoms. The number of fused-ring (bicyclic) bond motifs is 3. The van der Waals surface area contributed by atoms with Gasteiger partial charge >= 0.3 is 12.1 Å². The van der Waals surface area contributed by atoms with E-state index >= 15 is 0 Å². The molecule has 2 fully saturated rings. The number of amides is 2. The third kappa shape index (κ3) is 4.90. The minimum absolute atomic E-state index is 0.0310. The molecule has 0 radical (unpaired) electrons. The number of alkyl carbamates (subject to hydrolysis) is 1. The van der Waals surface area contributed by atoms with Crippen molar-refractivity contribution in [1.29, 1.82) is 0 Å². The maximum absolute atomic E-state index is 13.1. The minimum atomic E-state index is -1.18. The van der Waals surface area contributed by atoms with Crippen LogP contribution in [0.4, 0.5) is 4.79 Å². The highest BCUT2D eigenvalue weighted by atomic mass is 16.5. The lowest BCUT2D eigenvalue weighted by Gasteiger charge is -2.28. The molecule has 0 saturated heterocycles. The van der Waals surface area contributed by atoms with Gasteiger partial charge in [0.2, 0.25) is 5.91 Å². The summed E-state index contributed by atoms with van der Waals surface area (Å²) < 4.78 is 5.61. The van der Waals surface area contributed by atoms with Gasteiger partial charge < -0.3 is 20.5 Å². The number of carbonyl (C=O) groups is 3. The lowest BCUT2D eigenvalue weighted by molar-refractivity contribution is -0.148. The summed E-state index contributed by atoms with van der Waals surface area (Å²) in [5, 5.41) is 15.3. The Morgan fingerprint density at radius 1 is 0.971 bits per heavy atom. The molecular formula is C28H32N2O5. The van der Waals surface area contributed by atoms with Gasteiger partial charge in [0.1, 0.15) is 12.1 Å². The topological polar surface area (TPSA) is 105 Å². The van der Waals surface area contributed by atoms with Crippen LogP contribution < -0.4 is 10.6 Å². The maximum atomic E-state index is 13.1.